The third-order valence-electron chi connectivity index (χ3n) is 5.74. The molecular weight excluding hydrogens is 523 g/mol. The van der Waals surface area contributed by atoms with Gasteiger partial charge in [-0.3, -0.25) is 4.79 Å². The molecule has 0 aliphatic rings. The summed E-state index contributed by atoms with van der Waals surface area (Å²) in [5.74, 6) is -3.57. The van der Waals surface area contributed by atoms with Gasteiger partial charge in [-0.05, 0) is 52.2 Å². The second-order valence-electron chi connectivity index (χ2n) is 8.75. The van der Waals surface area contributed by atoms with E-state index in [1.54, 1.807) is 50.8 Å². The molecule has 3 rings (SSSR count). The lowest BCUT2D eigenvalue weighted by Crippen LogP contribution is -2.33. The maximum Gasteiger partial charge on any atom is 0.491 e. The molecule has 2 aromatic carbocycles. The predicted octanol–water partition coefficient (Wildman–Crippen LogP) is 4.36. The van der Waals surface area contributed by atoms with Crippen LogP contribution in [0.5, 0.6) is 5.75 Å². The van der Waals surface area contributed by atoms with Crippen LogP contribution in [0.2, 0.25) is 5.02 Å². The van der Waals surface area contributed by atoms with Gasteiger partial charge in [-0.15, -0.1) is 0 Å². The number of ether oxygens (including phenoxy) is 1. The number of aromatic nitrogens is 2. The third kappa shape index (κ3) is 6.51. The van der Waals surface area contributed by atoms with Gasteiger partial charge in [0.05, 0.1) is 27.5 Å². The Kier molecular flexibility index (Phi) is 8.81. The fourth-order valence-electron chi connectivity index (χ4n) is 3.76. The van der Waals surface area contributed by atoms with Gasteiger partial charge in [0.2, 0.25) is 0 Å². The Morgan fingerprint density at radius 2 is 1.92 bits per heavy atom. The Hall–Kier alpha value is -3.88. The second-order valence-corrected chi connectivity index (χ2v) is 9.16. The largest absolute Gasteiger partial charge is 0.491 e. The molecule has 0 fully saturated rings. The van der Waals surface area contributed by atoms with Crippen molar-refractivity contribution in [3.63, 3.8) is 0 Å². The van der Waals surface area contributed by atoms with Crippen molar-refractivity contribution in [3.05, 3.63) is 75.1 Å². The van der Waals surface area contributed by atoms with Gasteiger partial charge >= 0.3 is 12.1 Å². The number of aryl methyl sites for hydroxylation is 1. The molecule has 0 aliphatic carbocycles. The quantitative estimate of drug-likeness (QED) is 0.332. The van der Waals surface area contributed by atoms with Crippen LogP contribution in [0, 0.1) is 25.2 Å². The van der Waals surface area contributed by atoms with Crippen molar-refractivity contribution in [2.75, 3.05) is 27.2 Å². The molecule has 0 bridgehead atoms. The van der Waals surface area contributed by atoms with Crippen LogP contribution in [0.1, 0.15) is 38.4 Å². The first-order valence-corrected chi connectivity index (χ1v) is 11.8. The first-order chi connectivity index (χ1) is 17.8. The molecule has 1 N–H and O–H groups in total. The van der Waals surface area contributed by atoms with Gasteiger partial charge < -0.3 is 15.0 Å². The first-order valence-electron chi connectivity index (χ1n) is 11.4. The van der Waals surface area contributed by atoms with E-state index < -0.39 is 23.8 Å². The average molecular weight is 548 g/mol. The number of likely N-dealkylation sites (N-methyl/N-ethyl adjacent to an activating group) is 1. The molecule has 0 saturated heterocycles. The van der Waals surface area contributed by atoms with Crippen LogP contribution in [0.3, 0.4) is 0 Å². The van der Waals surface area contributed by atoms with E-state index in [4.69, 9.17) is 21.6 Å². The average Bonchev–Trinajstić information content (AvgIpc) is 3.12. The topological polar surface area (TPSA) is 100 Å². The van der Waals surface area contributed by atoms with Gasteiger partial charge in [0.15, 0.2) is 0 Å². The van der Waals surface area contributed by atoms with E-state index in [0.717, 1.165) is 0 Å². The van der Waals surface area contributed by atoms with Crippen molar-refractivity contribution in [1.82, 2.24) is 20.0 Å². The molecule has 0 aliphatic heterocycles. The summed E-state index contributed by atoms with van der Waals surface area (Å²) in [7, 11) is 3.61. The zero-order valence-electron chi connectivity index (χ0n) is 21.1. The number of amides is 1. The van der Waals surface area contributed by atoms with Crippen LogP contribution in [-0.4, -0.2) is 59.9 Å². The van der Waals surface area contributed by atoms with Crippen molar-refractivity contribution in [3.8, 4) is 17.5 Å². The van der Waals surface area contributed by atoms with E-state index in [2.05, 4.69) is 10.4 Å². The van der Waals surface area contributed by atoms with Crippen molar-refractivity contribution in [2.45, 2.75) is 26.4 Å². The lowest BCUT2D eigenvalue weighted by molar-refractivity contribution is -0.189. The zero-order valence-corrected chi connectivity index (χ0v) is 21.9. The standard InChI is InChI=1S/C26H25ClF3N5O3/c1-15-21(16(2)35(33-15)19-9-8-18(14-31)22(27)13-19)12-17-6-5-7-20(24(36)32-10-11-34(3)4)23(17)38-25(37)26(28,29)30/h5-9,13H,10-12H2,1-4H3,(H,32,36). The van der Waals surface area contributed by atoms with Crippen molar-refractivity contribution in [2.24, 2.45) is 0 Å². The van der Waals surface area contributed by atoms with Crippen LogP contribution in [0.25, 0.3) is 5.69 Å². The minimum Gasteiger partial charge on any atom is -0.419 e. The zero-order chi connectivity index (χ0) is 28.2. The molecule has 0 spiro atoms. The van der Waals surface area contributed by atoms with Gasteiger partial charge in [0.1, 0.15) is 11.8 Å². The Labute approximate surface area is 222 Å². The molecule has 0 atom stereocenters. The monoisotopic (exact) mass is 547 g/mol. The molecule has 1 heterocycles. The fourth-order valence-corrected chi connectivity index (χ4v) is 3.98. The molecule has 38 heavy (non-hydrogen) atoms. The number of rotatable bonds is 8. The number of carbonyl (C=O) groups excluding carboxylic acids is 2. The summed E-state index contributed by atoms with van der Waals surface area (Å²) in [6.45, 7) is 4.23. The third-order valence-corrected chi connectivity index (χ3v) is 6.05. The summed E-state index contributed by atoms with van der Waals surface area (Å²) < 4.78 is 45.7. The number of nitriles is 1. The number of esters is 1. The number of alkyl halides is 3. The van der Waals surface area contributed by atoms with Crippen LogP contribution in [0.15, 0.2) is 36.4 Å². The number of benzene rings is 2. The number of carbonyl (C=O) groups is 2. The Balaban J connectivity index is 2.03. The van der Waals surface area contributed by atoms with Gasteiger partial charge in [0.25, 0.3) is 5.91 Å². The van der Waals surface area contributed by atoms with Gasteiger partial charge in [-0.1, -0.05) is 23.7 Å². The summed E-state index contributed by atoms with van der Waals surface area (Å²) in [6, 6.07) is 11.1. The number of nitrogens with one attached hydrogen (secondary N) is 1. The SMILES string of the molecule is Cc1nn(-c2ccc(C#N)c(Cl)c2)c(C)c1Cc1cccc(C(=O)NCCN(C)C)c1OC(=O)C(F)(F)F. The maximum absolute atomic E-state index is 13.1. The highest BCUT2D eigenvalue weighted by molar-refractivity contribution is 6.31. The molecule has 0 saturated carbocycles. The smallest absolute Gasteiger partial charge is 0.419 e. The minimum atomic E-state index is -5.25. The summed E-state index contributed by atoms with van der Waals surface area (Å²) in [6.07, 6.45) is -5.22. The number of hydrogen-bond donors (Lipinski definition) is 1. The van der Waals surface area contributed by atoms with Crippen LogP contribution in [-0.2, 0) is 11.2 Å². The molecule has 0 unspecified atom stereocenters. The Morgan fingerprint density at radius 1 is 1.21 bits per heavy atom. The van der Waals surface area contributed by atoms with Gasteiger partial charge in [-0.2, -0.15) is 23.5 Å². The minimum absolute atomic E-state index is 0.0287. The number of halogens is 4. The molecule has 1 aromatic heterocycles. The van der Waals surface area contributed by atoms with Gasteiger partial charge in [0, 0.05) is 36.3 Å². The van der Waals surface area contributed by atoms with Crippen LogP contribution >= 0.6 is 11.6 Å². The van der Waals surface area contributed by atoms with E-state index in [1.807, 2.05) is 11.0 Å². The van der Waals surface area contributed by atoms with Crippen LogP contribution in [0.4, 0.5) is 13.2 Å². The summed E-state index contributed by atoms with van der Waals surface area (Å²) >= 11 is 6.17. The van der Waals surface area contributed by atoms with Crippen molar-refractivity contribution < 1.29 is 27.5 Å². The highest BCUT2D eigenvalue weighted by atomic mass is 35.5. The predicted molar refractivity (Wildman–Crippen MR) is 135 cm³/mol. The van der Waals surface area contributed by atoms with E-state index >= 15 is 0 Å². The molecular formula is C26H25ClF3N5O3. The first kappa shape index (κ1) is 28.7. The summed E-state index contributed by atoms with van der Waals surface area (Å²) in [5, 5.41) is 16.5. The van der Waals surface area contributed by atoms with Crippen LogP contribution < -0.4 is 10.1 Å². The van der Waals surface area contributed by atoms with E-state index in [0.29, 0.717) is 34.7 Å². The fraction of sp³-hybridized carbons (Fsp3) is 0.308. The van der Waals surface area contributed by atoms with Crippen molar-refractivity contribution in [1.29, 1.82) is 5.26 Å². The molecule has 1 amide bonds. The van der Waals surface area contributed by atoms with E-state index in [-0.39, 0.29) is 29.1 Å². The number of nitrogens with zero attached hydrogens (tertiary/aromatic N) is 4. The van der Waals surface area contributed by atoms with E-state index in [9.17, 15) is 22.8 Å². The Morgan fingerprint density at radius 3 is 2.53 bits per heavy atom. The highest BCUT2D eigenvalue weighted by Crippen LogP contribution is 2.32. The summed E-state index contributed by atoms with van der Waals surface area (Å²) in [5.41, 5.74) is 2.76. The summed E-state index contributed by atoms with van der Waals surface area (Å²) in [4.78, 5) is 26.4. The Bertz CT molecular complexity index is 1410. The normalized spacial score (nSPS) is 11.4. The van der Waals surface area contributed by atoms with Crippen molar-refractivity contribution >= 4 is 23.5 Å². The molecule has 200 valence electrons. The second kappa shape index (κ2) is 11.7. The lowest BCUT2D eigenvalue weighted by Gasteiger charge is -2.16. The lowest BCUT2D eigenvalue weighted by atomic mass is 9.99. The molecule has 0 radical (unpaired) electrons. The number of para-hydroxylation sites is 1. The van der Waals surface area contributed by atoms with E-state index in [1.165, 1.54) is 18.2 Å². The number of hydrogen-bond acceptors (Lipinski definition) is 6. The highest BCUT2D eigenvalue weighted by Gasteiger charge is 2.42. The van der Waals surface area contributed by atoms with Gasteiger partial charge in [-0.25, -0.2) is 9.48 Å². The molecule has 3 aromatic rings. The molecule has 8 nitrogen and oxygen atoms in total. The molecule has 12 heteroatoms. The maximum atomic E-state index is 13.1.